The molecule has 0 atom stereocenters. The molecule has 0 saturated heterocycles. The lowest BCUT2D eigenvalue weighted by molar-refractivity contribution is -0.137. The summed E-state index contributed by atoms with van der Waals surface area (Å²) in [4.78, 5) is 4.13. The topological polar surface area (TPSA) is 24.4 Å². The molecular weight excluding hydrogens is 317 g/mol. The van der Waals surface area contributed by atoms with Crippen LogP contribution >= 0.6 is 27.7 Å². The van der Waals surface area contributed by atoms with E-state index >= 15 is 0 Å². The minimum atomic E-state index is -4.33. The van der Waals surface area contributed by atoms with Crippen molar-refractivity contribution in [2.75, 3.05) is 17.6 Å². The van der Waals surface area contributed by atoms with Gasteiger partial charge in [-0.25, -0.2) is 0 Å². The molecule has 0 amide bonds. The summed E-state index contributed by atoms with van der Waals surface area (Å²) in [7, 11) is 0. The van der Waals surface area contributed by atoms with Gasteiger partial charge in [-0.05, 0) is 34.1 Å². The van der Waals surface area contributed by atoms with Gasteiger partial charge in [0.25, 0.3) is 0 Å². The second-order valence-corrected chi connectivity index (χ2v) is 5.29. The summed E-state index contributed by atoms with van der Waals surface area (Å²) in [6, 6.07) is 3.50. The molecular formula is C10H8BrF3N2S. The van der Waals surface area contributed by atoms with E-state index in [9.17, 15) is 13.2 Å². The quantitative estimate of drug-likeness (QED) is 0.844. The Labute approximate surface area is 109 Å². The Hall–Kier alpha value is -0.690. The first-order chi connectivity index (χ1) is 7.97. The van der Waals surface area contributed by atoms with Gasteiger partial charge in [-0.1, -0.05) is 11.8 Å². The highest BCUT2D eigenvalue weighted by Gasteiger charge is 2.31. The summed E-state index contributed by atoms with van der Waals surface area (Å²) in [5.74, 6) is 0.860. The molecule has 0 fully saturated rings. The Morgan fingerprint density at radius 2 is 2.12 bits per heavy atom. The second-order valence-electron chi connectivity index (χ2n) is 3.35. The average Bonchev–Trinajstić information content (AvgIpc) is 2.72. The van der Waals surface area contributed by atoms with Crippen molar-refractivity contribution in [1.29, 1.82) is 0 Å². The van der Waals surface area contributed by atoms with Crippen molar-refractivity contribution in [3.05, 3.63) is 28.2 Å². The van der Waals surface area contributed by atoms with Crippen LogP contribution in [0.2, 0.25) is 0 Å². The van der Waals surface area contributed by atoms with Gasteiger partial charge in [0, 0.05) is 10.2 Å². The van der Waals surface area contributed by atoms with Crippen LogP contribution in [0, 0.1) is 0 Å². The van der Waals surface area contributed by atoms with Gasteiger partial charge < -0.3 is 5.32 Å². The van der Waals surface area contributed by atoms with Crippen LogP contribution in [0.15, 0.2) is 27.7 Å². The number of hydrogen-bond donors (Lipinski definition) is 1. The molecule has 0 aromatic heterocycles. The number of hydrogen-bond acceptors (Lipinski definition) is 3. The van der Waals surface area contributed by atoms with E-state index in [-0.39, 0.29) is 0 Å². The fourth-order valence-corrected chi connectivity index (χ4v) is 2.41. The van der Waals surface area contributed by atoms with Crippen molar-refractivity contribution in [2.24, 2.45) is 4.99 Å². The number of nitrogens with zero attached hydrogens (tertiary/aromatic N) is 1. The van der Waals surface area contributed by atoms with Crippen LogP contribution in [0.5, 0.6) is 0 Å². The van der Waals surface area contributed by atoms with Crippen molar-refractivity contribution in [1.82, 2.24) is 0 Å². The smallest absolute Gasteiger partial charge is 0.334 e. The Morgan fingerprint density at radius 1 is 1.35 bits per heavy atom. The van der Waals surface area contributed by atoms with Crippen LogP contribution in [-0.2, 0) is 6.18 Å². The van der Waals surface area contributed by atoms with Crippen LogP contribution in [0.4, 0.5) is 18.9 Å². The van der Waals surface area contributed by atoms with Crippen molar-refractivity contribution < 1.29 is 13.2 Å². The van der Waals surface area contributed by atoms with Crippen molar-refractivity contribution >= 4 is 38.5 Å². The van der Waals surface area contributed by atoms with E-state index in [0.717, 1.165) is 17.9 Å². The molecule has 0 spiro atoms. The van der Waals surface area contributed by atoms with Gasteiger partial charge in [0.05, 0.1) is 17.8 Å². The Balaban J connectivity index is 2.26. The zero-order valence-corrected chi connectivity index (χ0v) is 10.9. The number of alkyl halides is 3. The summed E-state index contributed by atoms with van der Waals surface area (Å²) in [5.41, 5.74) is -0.292. The minimum Gasteiger partial charge on any atom is -0.334 e. The van der Waals surface area contributed by atoms with E-state index in [1.807, 2.05) is 0 Å². The average molecular weight is 325 g/mol. The first-order valence-electron chi connectivity index (χ1n) is 4.78. The van der Waals surface area contributed by atoms with Gasteiger partial charge in [-0.15, -0.1) is 0 Å². The monoisotopic (exact) mass is 324 g/mol. The summed E-state index contributed by atoms with van der Waals surface area (Å²) < 4.78 is 38.2. The van der Waals surface area contributed by atoms with E-state index in [4.69, 9.17) is 0 Å². The number of rotatable bonds is 1. The lowest BCUT2D eigenvalue weighted by Gasteiger charge is -2.11. The maximum Gasteiger partial charge on any atom is 0.416 e. The number of halogens is 4. The van der Waals surface area contributed by atoms with Gasteiger partial charge >= 0.3 is 6.18 Å². The van der Waals surface area contributed by atoms with Crippen LogP contribution in [0.3, 0.4) is 0 Å². The summed E-state index contributed by atoms with van der Waals surface area (Å²) in [5, 5.41) is 3.55. The fraction of sp³-hybridized carbons (Fsp3) is 0.300. The normalized spacial score (nSPS) is 15.9. The molecule has 1 aromatic carbocycles. The molecule has 7 heteroatoms. The Morgan fingerprint density at radius 3 is 2.71 bits per heavy atom. The summed E-state index contributed by atoms with van der Waals surface area (Å²) >= 11 is 4.71. The van der Waals surface area contributed by atoms with Gasteiger partial charge in [-0.3, -0.25) is 4.99 Å². The third-order valence-corrected chi connectivity index (χ3v) is 3.70. The number of aliphatic imine (C=N–C) groups is 1. The lowest BCUT2D eigenvalue weighted by atomic mass is 10.2. The largest absolute Gasteiger partial charge is 0.416 e. The molecule has 0 bridgehead atoms. The molecule has 1 aliphatic heterocycles. The van der Waals surface area contributed by atoms with E-state index < -0.39 is 11.7 Å². The first kappa shape index (κ1) is 12.8. The van der Waals surface area contributed by atoms with Crippen LogP contribution in [0.25, 0.3) is 0 Å². The zero-order chi connectivity index (χ0) is 12.5. The highest BCUT2D eigenvalue weighted by Crippen LogP contribution is 2.34. The number of benzene rings is 1. The molecule has 92 valence electrons. The van der Waals surface area contributed by atoms with Crippen LogP contribution in [0.1, 0.15) is 5.56 Å². The molecule has 2 nitrogen and oxygen atoms in total. The molecule has 0 unspecified atom stereocenters. The van der Waals surface area contributed by atoms with Gasteiger partial charge in [-0.2, -0.15) is 13.2 Å². The highest BCUT2D eigenvalue weighted by atomic mass is 79.9. The van der Waals surface area contributed by atoms with Crippen LogP contribution < -0.4 is 5.32 Å². The Bertz CT molecular complexity index is 459. The number of nitrogens with one attached hydrogen (secondary N) is 1. The third-order valence-electron chi connectivity index (χ3n) is 2.12. The van der Waals surface area contributed by atoms with Crippen molar-refractivity contribution in [3.63, 3.8) is 0 Å². The maximum atomic E-state index is 12.5. The van der Waals surface area contributed by atoms with Crippen LogP contribution in [-0.4, -0.2) is 17.5 Å². The Kier molecular flexibility index (Phi) is 3.67. The van der Waals surface area contributed by atoms with E-state index in [0.29, 0.717) is 21.9 Å². The SMILES string of the molecule is FC(F)(F)c1ccc(Br)c(NC2=NCCS2)c1. The third kappa shape index (κ3) is 3.16. The molecule has 17 heavy (non-hydrogen) atoms. The van der Waals surface area contributed by atoms with E-state index in [2.05, 4.69) is 26.2 Å². The molecule has 1 N–H and O–H groups in total. The fourth-order valence-electron chi connectivity index (χ4n) is 1.32. The molecule has 1 heterocycles. The predicted octanol–water partition coefficient (Wildman–Crippen LogP) is 3.98. The van der Waals surface area contributed by atoms with E-state index in [1.54, 1.807) is 0 Å². The van der Waals surface area contributed by atoms with E-state index in [1.165, 1.54) is 17.8 Å². The van der Waals surface area contributed by atoms with Gasteiger partial charge in [0.2, 0.25) is 0 Å². The molecule has 1 aliphatic rings. The molecule has 2 rings (SSSR count). The standard InChI is InChI=1S/C10H8BrF3N2S/c11-7-2-1-6(10(12,13)14)5-8(7)16-9-15-3-4-17-9/h1-2,5H,3-4H2,(H,15,16). The molecule has 0 aliphatic carbocycles. The summed E-state index contributed by atoms with van der Waals surface area (Å²) in [6.07, 6.45) is -4.33. The lowest BCUT2D eigenvalue weighted by Crippen LogP contribution is -2.09. The molecule has 0 radical (unpaired) electrons. The second kappa shape index (κ2) is 4.89. The van der Waals surface area contributed by atoms with Gasteiger partial charge in [0.1, 0.15) is 0 Å². The first-order valence-corrected chi connectivity index (χ1v) is 6.56. The summed E-state index contributed by atoms with van der Waals surface area (Å²) in [6.45, 7) is 0.698. The number of anilines is 1. The molecule has 0 saturated carbocycles. The zero-order valence-electron chi connectivity index (χ0n) is 8.51. The highest BCUT2D eigenvalue weighted by molar-refractivity contribution is 9.10. The van der Waals surface area contributed by atoms with Crippen molar-refractivity contribution in [2.45, 2.75) is 6.18 Å². The maximum absolute atomic E-state index is 12.5. The number of thioether (sulfide) groups is 1. The molecule has 1 aromatic rings. The minimum absolute atomic E-state index is 0.382. The predicted molar refractivity (Wildman–Crippen MR) is 67.5 cm³/mol. The van der Waals surface area contributed by atoms with Gasteiger partial charge in [0.15, 0.2) is 5.17 Å². The number of amidine groups is 1. The van der Waals surface area contributed by atoms with Crippen molar-refractivity contribution in [3.8, 4) is 0 Å².